The van der Waals surface area contributed by atoms with E-state index < -0.39 is 0 Å². The SMILES string of the molecule is COC(=O)CN(Cc1ccc(F)cc1Br)C1CCCC1. The van der Waals surface area contributed by atoms with Crippen molar-refractivity contribution in [3.05, 3.63) is 34.1 Å². The number of carbonyl (C=O) groups excluding carboxylic acids is 1. The molecule has 0 N–H and O–H groups in total. The lowest BCUT2D eigenvalue weighted by Crippen LogP contribution is -2.37. The number of ether oxygens (including phenoxy) is 1. The maximum absolute atomic E-state index is 13.1. The van der Waals surface area contributed by atoms with Crippen LogP contribution in [0.5, 0.6) is 0 Å². The van der Waals surface area contributed by atoms with Gasteiger partial charge in [-0.05, 0) is 30.5 Å². The number of methoxy groups -OCH3 is 1. The third-order valence-corrected chi connectivity index (χ3v) is 4.53. The zero-order valence-corrected chi connectivity index (χ0v) is 13.2. The first kappa shape index (κ1) is 15.4. The summed E-state index contributed by atoms with van der Waals surface area (Å²) in [6, 6.07) is 5.08. The molecule has 1 fully saturated rings. The molecule has 5 heteroatoms. The summed E-state index contributed by atoms with van der Waals surface area (Å²) in [7, 11) is 1.41. The van der Waals surface area contributed by atoms with E-state index in [1.807, 2.05) is 0 Å². The molecule has 2 rings (SSSR count). The molecule has 0 amide bonds. The molecule has 0 spiro atoms. The highest BCUT2D eigenvalue weighted by molar-refractivity contribution is 9.10. The van der Waals surface area contributed by atoms with Crippen LogP contribution >= 0.6 is 15.9 Å². The van der Waals surface area contributed by atoms with Crippen LogP contribution in [0.3, 0.4) is 0 Å². The molecule has 1 aromatic carbocycles. The fourth-order valence-corrected chi connectivity index (χ4v) is 3.16. The second-order valence-electron chi connectivity index (χ2n) is 5.16. The average Bonchev–Trinajstić information content (AvgIpc) is 2.94. The number of esters is 1. The van der Waals surface area contributed by atoms with Crippen molar-refractivity contribution in [3.63, 3.8) is 0 Å². The minimum absolute atomic E-state index is 0.227. The molecule has 0 bridgehead atoms. The van der Waals surface area contributed by atoms with Crippen LogP contribution in [0.15, 0.2) is 22.7 Å². The third-order valence-electron chi connectivity index (χ3n) is 3.79. The number of rotatable bonds is 5. The largest absolute Gasteiger partial charge is 0.468 e. The summed E-state index contributed by atoms with van der Waals surface area (Å²) in [5.74, 6) is -0.490. The van der Waals surface area contributed by atoms with Crippen LogP contribution < -0.4 is 0 Å². The monoisotopic (exact) mass is 343 g/mol. The molecule has 0 unspecified atom stereocenters. The van der Waals surface area contributed by atoms with Crippen molar-refractivity contribution in [2.75, 3.05) is 13.7 Å². The molecule has 20 heavy (non-hydrogen) atoms. The second-order valence-corrected chi connectivity index (χ2v) is 6.01. The van der Waals surface area contributed by atoms with Crippen molar-refractivity contribution in [1.29, 1.82) is 0 Å². The van der Waals surface area contributed by atoms with Gasteiger partial charge in [-0.15, -0.1) is 0 Å². The van der Waals surface area contributed by atoms with Gasteiger partial charge >= 0.3 is 5.97 Å². The third kappa shape index (κ3) is 4.03. The van der Waals surface area contributed by atoms with Crippen molar-refractivity contribution in [1.82, 2.24) is 4.90 Å². The molecule has 110 valence electrons. The summed E-state index contributed by atoms with van der Waals surface area (Å²) in [6.45, 7) is 0.908. The Bertz CT molecular complexity index is 475. The van der Waals surface area contributed by atoms with Gasteiger partial charge in [0.2, 0.25) is 0 Å². The number of hydrogen-bond acceptors (Lipinski definition) is 3. The highest BCUT2D eigenvalue weighted by atomic mass is 79.9. The van der Waals surface area contributed by atoms with Gasteiger partial charge in [0, 0.05) is 17.1 Å². The minimum atomic E-state index is -0.263. The van der Waals surface area contributed by atoms with E-state index in [1.54, 1.807) is 6.07 Å². The molecule has 0 aromatic heterocycles. The van der Waals surface area contributed by atoms with Crippen LogP contribution in [0, 0.1) is 5.82 Å². The minimum Gasteiger partial charge on any atom is -0.468 e. The van der Waals surface area contributed by atoms with Crippen molar-refractivity contribution >= 4 is 21.9 Å². The normalized spacial score (nSPS) is 15.8. The van der Waals surface area contributed by atoms with Crippen LogP contribution in [0.4, 0.5) is 4.39 Å². The topological polar surface area (TPSA) is 29.5 Å². The Morgan fingerprint density at radius 3 is 2.75 bits per heavy atom. The van der Waals surface area contributed by atoms with E-state index in [1.165, 1.54) is 32.1 Å². The van der Waals surface area contributed by atoms with Crippen molar-refractivity contribution in [3.8, 4) is 0 Å². The Hall–Kier alpha value is -0.940. The summed E-state index contributed by atoms with van der Waals surface area (Å²) in [5, 5.41) is 0. The molecule has 0 radical (unpaired) electrons. The van der Waals surface area contributed by atoms with Gasteiger partial charge in [-0.25, -0.2) is 4.39 Å². The smallest absolute Gasteiger partial charge is 0.319 e. The Balaban J connectivity index is 2.11. The van der Waals surface area contributed by atoms with Crippen molar-refractivity contribution in [2.45, 2.75) is 38.3 Å². The molecule has 3 nitrogen and oxygen atoms in total. The molecule has 1 saturated carbocycles. The van der Waals surface area contributed by atoms with Gasteiger partial charge in [0.15, 0.2) is 0 Å². The average molecular weight is 344 g/mol. The maximum atomic E-state index is 13.1. The first-order valence-corrected chi connectivity index (χ1v) is 7.64. The van der Waals surface area contributed by atoms with Crippen LogP contribution in [-0.4, -0.2) is 30.6 Å². The lowest BCUT2D eigenvalue weighted by Gasteiger charge is -2.28. The molecule has 1 aliphatic carbocycles. The van der Waals surface area contributed by atoms with Gasteiger partial charge in [0.1, 0.15) is 5.82 Å². The molecule has 0 saturated heterocycles. The van der Waals surface area contributed by atoms with E-state index in [0.717, 1.165) is 22.9 Å². The predicted octanol–water partition coefficient (Wildman–Crippen LogP) is 3.51. The van der Waals surface area contributed by atoms with Gasteiger partial charge in [-0.3, -0.25) is 9.69 Å². The molecule has 1 aromatic rings. The summed E-state index contributed by atoms with van der Waals surface area (Å²) in [5.41, 5.74) is 0.988. The van der Waals surface area contributed by atoms with Gasteiger partial charge in [-0.2, -0.15) is 0 Å². The Morgan fingerprint density at radius 1 is 1.45 bits per heavy atom. The van der Waals surface area contributed by atoms with Crippen molar-refractivity contribution < 1.29 is 13.9 Å². The summed E-state index contributed by atoms with van der Waals surface area (Å²) < 4.78 is 18.6. The highest BCUT2D eigenvalue weighted by Crippen LogP contribution is 2.27. The molecule has 1 aliphatic rings. The van der Waals surface area contributed by atoms with Gasteiger partial charge < -0.3 is 4.74 Å². The van der Waals surface area contributed by atoms with Gasteiger partial charge in [0.05, 0.1) is 13.7 Å². The summed E-state index contributed by atoms with van der Waals surface area (Å²) in [6.07, 6.45) is 4.62. The summed E-state index contributed by atoms with van der Waals surface area (Å²) in [4.78, 5) is 13.7. The Morgan fingerprint density at radius 2 is 2.15 bits per heavy atom. The second kappa shape index (κ2) is 7.18. The van der Waals surface area contributed by atoms with Gasteiger partial charge in [0.25, 0.3) is 0 Å². The fraction of sp³-hybridized carbons (Fsp3) is 0.533. The van der Waals surface area contributed by atoms with E-state index in [-0.39, 0.29) is 18.3 Å². The molecule has 0 atom stereocenters. The fourth-order valence-electron chi connectivity index (χ4n) is 2.68. The number of nitrogens with zero attached hydrogens (tertiary/aromatic N) is 1. The van der Waals surface area contributed by atoms with Crippen LogP contribution in [-0.2, 0) is 16.1 Å². The number of benzene rings is 1. The van der Waals surface area contributed by atoms with Crippen molar-refractivity contribution in [2.24, 2.45) is 0 Å². The van der Waals surface area contributed by atoms with Crippen LogP contribution in [0.1, 0.15) is 31.2 Å². The van der Waals surface area contributed by atoms with Crippen LogP contribution in [0.25, 0.3) is 0 Å². The quantitative estimate of drug-likeness (QED) is 0.766. The van der Waals surface area contributed by atoms with E-state index in [4.69, 9.17) is 4.74 Å². The molecular weight excluding hydrogens is 325 g/mol. The van der Waals surface area contributed by atoms with E-state index in [9.17, 15) is 9.18 Å². The molecule has 0 aliphatic heterocycles. The Kier molecular flexibility index (Phi) is 5.54. The first-order chi connectivity index (χ1) is 9.60. The van der Waals surface area contributed by atoms with E-state index in [0.29, 0.717) is 12.6 Å². The summed E-state index contributed by atoms with van der Waals surface area (Å²) >= 11 is 3.38. The standard InChI is InChI=1S/C15H19BrFNO2/c1-20-15(19)10-18(13-4-2-3-5-13)9-11-6-7-12(17)8-14(11)16/h6-8,13H,2-5,9-10H2,1H3. The van der Waals surface area contributed by atoms with Gasteiger partial charge in [-0.1, -0.05) is 34.8 Å². The Labute approximate surface area is 127 Å². The highest BCUT2D eigenvalue weighted by Gasteiger charge is 2.25. The van der Waals surface area contributed by atoms with E-state index in [2.05, 4.69) is 20.8 Å². The number of halogens is 2. The molecular formula is C15H19BrFNO2. The maximum Gasteiger partial charge on any atom is 0.319 e. The number of carbonyl (C=O) groups is 1. The lowest BCUT2D eigenvalue weighted by atomic mass is 10.1. The predicted molar refractivity (Wildman–Crippen MR) is 78.8 cm³/mol. The van der Waals surface area contributed by atoms with Crippen LogP contribution in [0.2, 0.25) is 0 Å². The molecule has 0 heterocycles. The number of hydrogen-bond donors (Lipinski definition) is 0. The van der Waals surface area contributed by atoms with E-state index >= 15 is 0 Å². The zero-order chi connectivity index (χ0) is 14.5. The zero-order valence-electron chi connectivity index (χ0n) is 11.6. The first-order valence-electron chi connectivity index (χ1n) is 6.85. The lowest BCUT2D eigenvalue weighted by molar-refractivity contribution is -0.142.